The number of anilines is 3. The molecule has 158 valence electrons. The Morgan fingerprint density at radius 1 is 1.47 bits per heavy atom. The van der Waals surface area contributed by atoms with Gasteiger partial charge >= 0.3 is 0 Å². The largest absolute Gasteiger partial charge is 0.383 e. The van der Waals surface area contributed by atoms with E-state index in [-0.39, 0.29) is 24.3 Å². The highest BCUT2D eigenvalue weighted by Crippen LogP contribution is 2.36. The highest BCUT2D eigenvalue weighted by atomic mass is 16.5. The Labute approximate surface area is 174 Å². The predicted octanol–water partition coefficient (Wildman–Crippen LogP) is 0.836. The van der Waals surface area contributed by atoms with Gasteiger partial charge in [-0.25, -0.2) is 4.98 Å². The topological polar surface area (TPSA) is 138 Å². The van der Waals surface area contributed by atoms with Gasteiger partial charge in [-0.3, -0.25) is 19.2 Å². The molecule has 1 aliphatic rings. The van der Waals surface area contributed by atoms with E-state index in [0.717, 1.165) is 0 Å². The molecule has 0 saturated carbocycles. The molecule has 30 heavy (non-hydrogen) atoms. The molecule has 0 aromatic carbocycles. The van der Waals surface area contributed by atoms with Gasteiger partial charge in [0.25, 0.3) is 0 Å². The molecule has 0 radical (unpaired) electrons. The third-order valence-electron chi connectivity index (χ3n) is 4.98. The number of nitrogens with one attached hydrogen (secondary N) is 2. The third-order valence-corrected chi connectivity index (χ3v) is 4.98. The Morgan fingerprint density at radius 2 is 2.30 bits per heavy atom. The standard InChI is InChI=1S/C19H24N8O3/c1-3-19(13-20)5-8-27(17(19)29)15-4-6-22-18(25-15)24-14-10-23-26(11-14)12-16(28)21-7-9-30-2/h4,6,10-11H,3,5,7-9,12H2,1-2H3,(H,21,28)(H,22,24,25)/t19-/m1/s1. The molecular weight excluding hydrogens is 388 g/mol. The second kappa shape index (κ2) is 9.32. The van der Waals surface area contributed by atoms with Crippen LogP contribution in [0.15, 0.2) is 24.7 Å². The molecule has 0 unspecified atom stereocenters. The Balaban J connectivity index is 1.64. The smallest absolute Gasteiger partial charge is 0.248 e. The second-order valence-corrected chi connectivity index (χ2v) is 6.89. The van der Waals surface area contributed by atoms with Crippen molar-refractivity contribution in [3.8, 4) is 6.07 Å². The van der Waals surface area contributed by atoms with Gasteiger partial charge in [0.15, 0.2) is 0 Å². The van der Waals surface area contributed by atoms with Gasteiger partial charge in [-0.1, -0.05) is 6.92 Å². The number of carbonyl (C=O) groups is 2. The van der Waals surface area contributed by atoms with Crippen molar-refractivity contribution in [2.75, 3.05) is 37.0 Å². The van der Waals surface area contributed by atoms with Crippen LogP contribution < -0.4 is 15.5 Å². The van der Waals surface area contributed by atoms with Gasteiger partial charge in [-0.2, -0.15) is 15.3 Å². The lowest BCUT2D eigenvalue weighted by molar-refractivity contribution is -0.123. The third kappa shape index (κ3) is 4.55. The van der Waals surface area contributed by atoms with Crippen LogP contribution in [0.4, 0.5) is 17.5 Å². The predicted molar refractivity (Wildman–Crippen MR) is 108 cm³/mol. The van der Waals surface area contributed by atoms with Gasteiger partial charge in [0.05, 0.1) is 24.6 Å². The number of rotatable bonds is 9. The van der Waals surface area contributed by atoms with Gasteiger partial charge < -0.3 is 15.4 Å². The number of nitrogens with zero attached hydrogens (tertiary/aromatic N) is 6. The Morgan fingerprint density at radius 3 is 3.00 bits per heavy atom. The fourth-order valence-electron chi connectivity index (χ4n) is 3.20. The number of aromatic nitrogens is 4. The highest BCUT2D eigenvalue weighted by Gasteiger charge is 2.46. The maximum atomic E-state index is 12.7. The summed E-state index contributed by atoms with van der Waals surface area (Å²) in [5, 5.41) is 19.3. The molecule has 11 heteroatoms. The monoisotopic (exact) mass is 412 g/mol. The van der Waals surface area contributed by atoms with E-state index in [1.54, 1.807) is 31.8 Å². The van der Waals surface area contributed by atoms with E-state index in [4.69, 9.17) is 4.74 Å². The van der Waals surface area contributed by atoms with E-state index < -0.39 is 5.41 Å². The summed E-state index contributed by atoms with van der Waals surface area (Å²) in [6, 6.07) is 3.80. The lowest BCUT2D eigenvalue weighted by Crippen LogP contribution is -2.33. The lowest BCUT2D eigenvalue weighted by atomic mass is 9.85. The van der Waals surface area contributed by atoms with Crippen LogP contribution in [0.5, 0.6) is 0 Å². The molecule has 1 fully saturated rings. The molecule has 11 nitrogen and oxygen atoms in total. The number of methoxy groups -OCH3 is 1. The molecule has 0 aliphatic carbocycles. The number of nitriles is 1. The van der Waals surface area contributed by atoms with Crippen molar-refractivity contribution in [3.05, 3.63) is 24.7 Å². The Kier molecular flexibility index (Phi) is 6.58. The van der Waals surface area contributed by atoms with E-state index in [9.17, 15) is 14.9 Å². The minimum Gasteiger partial charge on any atom is -0.383 e. The van der Waals surface area contributed by atoms with Crippen LogP contribution in [0.3, 0.4) is 0 Å². The van der Waals surface area contributed by atoms with Crippen LogP contribution in [-0.4, -0.2) is 58.4 Å². The number of amides is 2. The molecule has 2 aromatic heterocycles. The van der Waals surface area contributed by atoms with E-state index in [1.165, 1.54) is 9.58 Å². The number of hydrogen-bond donors (Lipinski definition) is 2. The molecule has 0 bridgehead atoms. The summed E-state index contributed by atoms with van der Waals surface area (Å²) in [5.41, 5.74) is -0.381. The summed E-state index contributed by atoms with van der Waals surface area (Å²) in [6.07, 6.45) is 5.70. The molecule has 3 rings (SSSR count). The average Bonchev–Trinajstić information content (AvgIpc) is 3.32. The van der Waals surface area contributed by atoms with Crippen LogP contribution >= 0.6 is 0 Å². The quantitative estimate of drug-likeness (QED) is 0.578. The normalized spacial score (nSPS) is 18.3. The number of carbonyl (C=O) groups excluding carboxylic acids is 2. The fourth-order valence-corrected chi connectivity index (χ4v) is 3.20. The zero-order valence-electron chi connectivity index (χ0n) is 17.0. The molecular formula is C19H24N8O3. The first kappa shape index (κ1) is 21.2. The first-order valence-corrected chi connectivity index (χ1v) is 9.62. The molecule has 1 aliphatic heterocycles. The molecule has 1 saturated heterocycles. The summed E-state index contributed by atoms with van der Waals surface area (Å²) in [5.74, 6) is 0.317. The van der Waals surface area contributed by atoms with Crippen molar-refractivity contribution in [2.45, 2.75) is 26.3 Å². The first-order chi connectivity index (χ1) is 14.5. The molecule has 2 aromatic rings. The van der Waals surface area contributed by atoms with Gasteiger partial charge in [0, 0.05) is 32.6 Å². The SMILES string of the molecule is CC[C@]1(C#N)CCN(c2ccnc(Nc3cnn(CC(=O)NCCOC)c3)n2)C1=O. The van der Waals surface area contributed by atoms with E-state index >= 15 is 0 Å². The zero-order chi connectivity index (χ0) is 21.6. The minimum atomic E-state index is -0.983. The van der Waals surface area contributed by atoms with Crippen molar-refractivity contribution in [2.24, 2.45) is 5.41 Å². The lowest BCUT2D eigenvalue weighted by Gasteiger charge is -2.19. The van der Waals surface area contributed by atoms with Gasteiger partial charge in [-0.15, -0.1) is 0 Å². The average molecular weight is 412 g/mol. The van der Waals surface area contributed by atoms with Crippen molar-refractivity contribution in [1.82, 2.24) is 25.1 Å². The van der Waals surface area contributed by atoms with Crippen LogP contribution in [0.1, 0.15) is 19.8 Å². The van der Waals surface area contributed by atoms with Crippen LogP contribution in [0.25, 0.3) is 0 Å². The van der Waals surface area contributed by atoms with E-state index in [0.29, 0.717) is 44.0 Å². The Bertz CT molecular complexity index is 953. The van der Waals surface area contributed by atoms with Crippen molar-refractivity contribution in [3.63, 3.8) is 0 Å². The molecule has 3 heterocycles. The van der Waals surface area contributed by atoms with Crippen LogP contribution in [0, 0.1) is 16.7 Å². The summed E-state index contributed by atoms with van der Waals surface area (Å²) in [6.45, 7) is 3.23. The molecule has 0 spiro atoms. The van der Waals surface area contributed by atoms with Crippen LogP contribution in [-0.2, 0) is 20.9 Å². The summed E-state index contributed by atoms with van der Waals surface area (Å²) in [4.78, 5) is 34.7. The second-order valence-electron chi connectivity index (χ2n) is 6.89. The van der Waals surface area contributed by atoms with Crippen molar-refractivity contribution >= 4 is 29.3 Å². The van der Waals surface area contributed by atoms with Gasteiger partial charge in [0.2, 0.25) is 17.8 Å². The highest BCUT2D eigenvalue weighted by molar-refractivity contribution is 6.01. The van der Waals surface area contributed by atoms with E-state index in [2.05, 4.69) is 31.8 Å². The molecule has 2 N–H and O–H groups in total. The number of ether oxygens (including phenoxy) is 1. The molecule has 1 atom stereocenters. The summed E-state index contributed by atoms with van der Waals surface area (Å²) in [7, 11) is 1.57. The summed E-state index contributed by atoms with van der Waals surface area (Å²) < 4.78 is 6.38. The first-order valence-electron chi connectivity index (χ1n) is 9.62. The van der Waals surface area contributed by atoms with Gasteiger partial charge in [0.1, 0.15) is 17.8 Å². The Hall–Kier alpha value is -3.52. The fraction of sp³-hybridized carbons (Fsp3) is 0.474. The summed E-state index contributed by atoms with van der Waals surface area (Å²) >= 11 is 0. The zero-order valence-corrected chi connectivity index (χ0v) is 17.0. The molecule has 2 amide bonds. The van der Waals surface area contributed by atoms with Crippen molar-refractivity contribution < 1.29 is 14.3 Å². The minimum absolute atomic E-state index is 0.0713. The van der Waals surface area contributed by atoms with Gasteiger partial charge in [-0.05, 0) is 18.9 Å². The van der Waals surface area contributed by atoms with E-state index in [1.807, 2.05) is 6.92 Å². The maximum Gasteiger partial charge on any atom is 0.248 e. The maximum absolute atomic E-state index is 12.7. The van der Waals surface area contributed by atoms with Crippen molar-refractivity contribution in [1.29, 1.82) is 5.26 Å². The van der Waals surface area contributed by atoms with Crippen LogP contribution in [0.2, 0.25) is 0 Å². The number of hydrogen-bond acceptors (Lipinski definition) is 8.